The number of fused-ring (bicyclic) bond motifs is 2. The second-order valence-corrected chi connectivity index (χ2v) is 6.54. The van der Waals surface area contributed by atoms with Gasteiger partial charge in [-0.15, -0.1) is 0 Å². The third-order valence-corrected chi connectivity index (χ3v) is 5.10. The summed E-state index contributed by atoms with van der Waals surface area (Å²) in [5.41, 5.74) is -1.53. The average Bonchev–Trinajstić information content (AvgIpc) is 2.83. The number of benzene rings is 1. The fraction of sp³-hybridized carbons (Fsp3) is 0.412. The molecule has 2 aliphatic rings. The maximum absolute atomic E-state index is 13.4. The van der Waals surface area contributed by atoms with E-state index in [0.29, 0.717) is 5.56 Å². The molecule has 3 rings (SSSR count). The summed E-state index contributed by atoms with van der Waals surface area (Å²) >= 11 is 6.01. The van der Waals surface area contributed by atoms with Crippen molar-refractivity contribution in [2.24, 2.45) is 5.92 Å². The molecule has 128 valence electrons. The van der Waals surface area contributed by atoms with Crippen LogP contribution in [0.2, 0.25) is 5.02 Å². The maximum atomic E-state index is 13.4. The molecule has 0 bridgehead atoms. The van der Waals surface area contributed by atoms with Gasteiger partial charge in [-0.2, -0.15) is 13.2 Å². The molecule has 0 N–H and O–H groups in total. The van der Waals surface area contributed by atoms with E-state index in [0.717, 1.165) is 6.08 Å². The van der Waals surface area contributed by atoms with E-state index in [2.05, 4.69) is 4.74 Å². The van der Waals surface area contributed by atoms with Crippen LogP contribution >= 0.6 is 11.6 Å². The van der Waals surface area contributed by atoms with Crippen molar-refractivity contribution >= 4 is 28.9 Å². The third-order valence-electron chi connectivity index (χ3n) is 4.79. The number of allylic oxidation sites excluding steroid dienone is 2. The minimum absolute atomic E-state index is 0.00971. The Kier molecular flexibility index (Phi) is 3.98. The van der Waals surface area contributed by atoms with Gasteiger partial charge in [0, 0.05) is 22.4 Å². The number of hydrogen-bond donors (Lipinski definition) is 0. The Balaban J connectivity index is 2.07. The van der Waals surface area contributed by atoms with Crippen LogP contribution in [0, 0.1) is 5.92 Å². The number of carbonyl (C=O) groups excluding carboxylic acids is 2. The Labute approximate surface area is 141 Å². The molecule has 2 atom stereocenters. The molecular formula is C17H14ClF3O3. The van der Waals surface area contributed by atoms with E-state index in [1.807, 2.05) is 0 Å². The number of rotatable bonds is 1. The SMILES string of the molecule is COC(=O)C1CC[C@@]2(C=C(C(F)(F)F)c3c(Cl)cccc32)CC1=O. The number of esters is 1. The van der Waals surface area contributed by atoms with Crippen LogP contribution in [0.25, 0.3) is 5.57 Å². The van der Waals surface area contributed by atoms with E-state index in [4.69, 9.17) is 11.6 Å². The quantitative estimate of drug-likeness (QED) is 0.561. The lowest BCUT2D eigenvalue weighted by Crippen LogP contribution is -2.39. The predicted octanol–water partition coefficient (Wildman–Crippen LogP) is 4.08. The van der Waals surface area contributed by atoms with E-state index < -0.39 is 34.8 Å². The predicted molar refractivity (Wildman–Crippen MR) is 81.5 cm³/mol. The van der Waals surface area contributed by atoms with Crippen molar-refractivity contribution in [2.75, 3.05) is 7.11 Å². The first-order chi connectivity index (χ1) is 11.2. The van der Waals surface area contributed by atoms with Gasteiger partial charge in [-0.1, -0.05) is 29.8 Å². The van der Waals surface area contributed by atoms with Crippen LogP contribution in [0.3, 0.4) is 0 Å². The summed E-state index contributed by atoms with van der Waals surface area (Å²) < 4.78 is 44.9. The van der Waals surface area contributed by atoms with Crippen molar-refractivity contribution in [1.29, 1.82) is 0 Å². The largest absolute Gasteiger partial charge is 0.468 e. The van der Waals surface area contributed by atoms with E-state index in [1.54, 1.807) is 12.1 Å². The first-order valence-electron chi connectivity index (χ1n) is 7.39. The van der Waals surface area contributed by atoms with E-state index in [1.165, 1.54) is 13.2 Å². The number of carbonyl (C=O) groups is 2. The number of Topliss-reactive ketones (excluding diaryl/α,β-unsaturated/α-hetero) is 1. The molecule has 0 amide bonds. The molecule has 0 saturated heterocycles. The van der Waals surface area contributed by atoms with Crippen molar-refractivity contribution in [2.45, 2.75) is 30.9 Å². The zero-order valence-electron chi connectivity index (χ0n) is 12.7. The summed E-state index contributed by atoms with van der Waals surface area (Å²) in [5, 5.41) is 0.00971. The van der Waals surface area contributed by atoms with Crippen LogP contribution in [-0.4, -0.2) is 25.0 Å². The Bertz CT molecular complexity index is 754. The summed E-state index contributed by atoms with van der Waals surface area (Å²) in [4.78, 5) is 24.0. The highest BCUT2D eigenvalue weighted by molar-refractivity contribution is 6.32. The zero-order chi connectivity index (χ0) is 17.7. The lowest BCUT2D eigenvalue weighted by atomic mass is 9.67. The molecule has 0 aliphatic heterocycles. The second kappa shape index (κ2) is 5.62. The van der Waals surface area contributed by atoms with E-state index >= 15 is 0 Å². The van der Waals surface area contributed by atoms with Crippen LogP contribution in [-0.2, 0) is 19.7 Å². The fourth-order valence-electron chi connectivity index (χ4n) is 3.69. The van der Waals surface area contributed by atoms with Crippen LogP contribution in [0.15, 0.2) is 24.3 Å². The van der Waals surface area contributed by atoms with Crippen molar-refractivity contribution in [3.63, 3.8) is 0 Å². The maximum Gasteiger partial charge on any atom is 0.416 e. The highest BCUT2D eigenvalue weighted by atomic mass is 35.5. The molecule has 1 aromatic rings. The van der Waals surface area contributed by atoms with E-state index in [9.17, 15) is 22.8 Å². The molecule has 0 aromatic heterocycles. The van der Waals surface area contributed by atoms with Crippen LogP contribution < -0.4 is 0 Å². The second-order valence-electron chi connectivity index (χ2n) is 6.13. The van der Waals surface area contributed by atoms with Crippen molar-refractivity contribution in [3.8, 4) is 0 Å². The standard InChI is InChI=1S/C17H14ClF3O3/c1-24-15(23)9-5-6-16(8-13(9)22)7-11(17(19,20)21)14-10(16)3-2-4-12(14)18/h2-4,7,9H,5-6,8H2,1H3/t9?,16-/m1/s1. The molecular weight excluding hydrogens is 345 g/mol. The number of hydrogen-bond acceptors (Lipinski definition) is 3. The molecule has 1 spiro atoms. The smallest absolute Gasteiger partial charge is 0.416 e. The Morgan fingerprint density at radius 3 is 2.67 bits per heavy atom. The monoisotopic (exact) mass is 358 g/mol. The molecule has 1 saturated carbocycles. The minimum Gasteiger partial charge on any atom is -0.468 e. The van der Waals surface area contributed by atoms with Crippen LogP contribution in [0.4, 0.5) is 13.2 Å². The van der Waals surface area contributed by atoms with Gasteiger partial charge in [-0.05, 0) is 24.5 Å². The van der Waals surface area contributed by atoms with Gasteiger partial charge in [0.05, 0.1) is 12.7 Å². The number of alkyl halides is 3. The summed E-state index contributed by atoms with van der Waals surface area (Å²) in [6.45, 7) is 0. The molecule has 3 nitrogen and oxygen atoms in total. The average molecular weight is 359 g/mol. The number of ketones is 1. The first kappa shape index (κ1) is 17.0. The minimum atomic E-state index is -4.56. The van der Waals surface area contributed by atoms with Crippen LogP contribution in [0.5, 0.6) is 0 Å². The summed E-state index contributed by atoms with van der Waals surface area (Å²) in [6.07, 6.45) is -3.22. The van der Waals surface area contributed by atoms with E-state index in [-0.39, 0.29) is 29.8 Å². The molecule has 1 unspecified atom stereocenters. The number of ether oxygens (including phenoxy) is 1. The van der Waals surface area contributed by atoms with Gasteiger partial charge in [0.25, 0.3) is 0 Å². The number of halogens is 4. The summed E-state index contributed by atoms with van der Waals surface area (Å²) in [6, 6.07) is 4.55. The van der Waals surface area contributed by atoms with Crippen molar-refractivity contribution in [3.05, 3.63) is 40.4 Å². The molecule has 1 fully saturated rings. The van der Waals surface area contributed by atoms with Crippen molar-refractivity contribution in [1.82, 2.24) is 0 Å². The molecule has 2 aliphatic carbocycles. The molecule has 7 heteroatoms. The Morgan fingerprint density at radius 1 is 1.38 bits per heavy atom. The van der Waals surface area contributed by atoms with Gasteiger partial charge in [0.2, 0.25) is 0 Å². The van der Waals surface area contributed by atoms with Gasteiger partial charge >= 0.3 is 12.1 Å². The highest BCUT2D eigenvalue weighted by Crippen LogP contribution is 2.54. The molecule has 0 radical (unpaired) electrons. The van der Waals surface area contributed by atoms with Gasteiger partial charge in [0.1, 0.15) is 11.7 Å². The number of methoxy groups -OCH3 is 1. The van der Waals surface area contributed by atoms with Crippen LogP contribution in [0.1, 0.15) is 30.4 Å². The topological polar surface area (TPSA) is 43.4 Å². The fourth-order valence-corrected chi connectivity index (χ4v) is 3.97. The molecule has 24 heavy (non-hydrogen) atoms. The third kappa shape index (κ3) is 2.53. The molecule has 1 aromatic carbocycles. The van der Waals surface area contributed by atoms with Gasteiger partial charge in [-0.3, -0.25) is 9.59 Å². The Hall–Kier alpha value is -1.82. The zero-order valence-corrected chi connectivity index (χ0v) is 13.5. The van der Waals surface area contributed by atoms with Gasteiger partial charge in [-0.25, -0.2) is 0 Å². The normalized spacial score (nSPS) is 26.3. The first-order valence-corrected chi connectivity index (χ1v) is 7.77. The van der Waals surface area contributed by atoms with Gasteiger partial charge < -0.3 is 4.74 Å². The molecule has 0 heterocycles. The lowest BCUT2D eigenvalue weighted by molar-refractivity contribution is -0.151. The Morgan fingerprint density at radius 2 is 2.08 bits per heavy atom. The van der Waals surface area contributed by atoms with Gasteiger partial charge in [0.15, 0.2) is 0 Å². The lowest BCUT2D eigenvalue weighted by Gasteiger charge is -2.35. The summed E-state index contributed by atoms with van der Waals surface area (Å²) in [5.74, 6) is -1.95. The van der Waals surface area contributed by atoms with Crippen molar-refractivity contribution < 1.29 is 27.5 Å². The summed E-state index contributed by atoms with van der Waals surface area (Å²) in [7, 11) is 1.19. The highest BCUT2D eigenvalue weighted by Gasteiger charge is 2.51.